The van der Waals surface area contributed by atoms with Gasteiger partial charge >= 0.3 is 0 Å². The van der Waals surface area contributed by atoms with Crippen LogP contribution in [0.5, 0.6) is 5.88 Å². The lowest BCUT2D eigenvalue weighted by atomic mass is 10.3. The molecule has 0 radical (unpaired) electrons. The van der Waals surface area contributed by atoms with E-state index < -0.39 is 10.0 Å². The van der Waals surface area contributed by atoms with Crippen molar-refractivity contribution in [1.29, 1.82) is 0 Å². The summed E-state index contributed by atoms with van der Waals surface area (Å²) in [5, 5.41) is 7.88. The number of aryl methyl sites for hydroxylation is 1. The molecule has 9 heteroatoms. The van der Waals surface area contributed by atoms with Crippen LogP contribution < -0.4 is 4.74 Å². The molecule has 1 unspecified atom stereocenters. The third-order valence-electron chi connectivity index (χ3n) is 3.31. The fraction of sp³-hybridized carbons (Fsp3) is 0.385. The first-order valence-electron chi connectivity index (χ1n) is 6.67. The summed E-state index contributed by atoms with van der Waals surface area (Å²) in [6.45, 7) is 2.62. The van der Waals surface area contributed by atoms with Crippen molar-refractivity contribution in [2.75, 3.05) is 13.1 Å². The van der Waals surface area contributed by atoms with Gasteiger partial charge in [-0.15, -0.1) is 16.4 Å². The summed E-state index contributed by atoms with van der Waals surface area (Å²) >= 11 is 4.50. The van der Waals surface area contributed by atoms with Crippen molar-refractivity contribution in [3.63, 3.8) is 0 Å². The summed E-state index contributed by atoms with van der Waals surface area (Å²) < 4.78 is 33.4. The van der Waals surface area contributed by atoms with Gasteiger partial charge in [0.1, 0.15) is 10.3 Å². The number of aromatic nitrogens is 2. The zero-order valence-electron chi connectivity index (χ0n) is 11.8. The first-order chi connectivity index (χ1) is 10.4. The second-order valence-corrected chi connectivity index (χ2v) is 9.59. The van der Waals surface area contributed by atoms with Gasteiger partial charge in [-0.1, -0.05) is 0 Å². The van der Waals surface area contributed by atoms with E-state index in [2.05, 4.69) is 26.1 Å². The van der Waals surface area contributed by atoms with Crippen LogP contribution in [-0.4, -0.2) is 42.1 Å². The van der Waals surface area contributed by atoms with Gasteiger partial charge in [-0.2, -0.15) is 9.40 Å². The maximum Gasteiger partial charge on any atom is 0.252 e. The van der Waals surface area contributed by atoms with Gasteiger partial charge in [0.2, 0.25) is 5.88 Å². The first kappa shape index (κ1) is 15.9. The molecule has 0 aliphatic carbocycles. The Kier molecular flexibility index (Phi) is 4.49. The fourth-order valence-corrected chi connectivity index (χ4v) is 5.85. The molecule has 3 heterocycles. The van der Waals surface area contributed by atoms with E-state index in [4.69, 9.17) is 4.74 Å². The highest BCUT2D eigenvalue weighted by atomic mass is 79.9. The van der Waals surface area contributed by atoms with Gasteiger partial charge in [-0.05, 0) is 47.5 Å². The smallest absolute Gasteiger partial charge is 0.252 e. The van der Waals surface area contributed by atoms with Crippen molar-refractivity contribution < 1.29 is 13.2 Å². The second kappa shape index (κ2) is 6.23. The molecular weight excluding hydrogens is 390 g/mol. The molecule has 6 nitrogen and oxygen atoms in total. The summed E-state index contributed by atoms with van der Waals surface area (Å²) in [5.41, 5.74) is 0.811. The van der Waals surface area contributed by atoms with E-state index in [0.717, 1.165) is 9.48 Å². The molecule has 0 amide bonds. The molecule has 0 N–H and O–H groups in total. The summed E-state index contributed by atoms with van der Waals surface area (Å²) in [7, 11) is -3.44. The average molecular weight is 404 g/mol. The minimum absolute atomic E-state index is 0.199. The predicted molar refractivity (Wildman–Crippen MR) is 86.6 cm³/mol. The zero-order valence-corrected chi connectivity index (χ0v) is 15.0. The monoisotopic (exact) mass is 403 g/mol. The molecule has 0 saturated carbocycles. The molecule has 118 valence electrons. The molecule has 1 atom stereocenters. The normalized spacial score (nSPS) is 19.5. The maximum absolute atomic E-state index is 12.5. The summed E-state index contributed by atoms with van der Waals surface area (Å²) in [4.78, 5) is 0. The van der Waals surface area contributed by atoms with E-state index >= 15 is 0 Å². The fourth-order valence-electron chi connectivity index (χ4n) is 2.20. The van der Waals surface area contributed by atoms with Gasteiger partial charge in [0, 0.05) is 12.6 Å². The minimum atomic E-state index is -3.44. The van der Waals surface area contributed by atoms with Crippen molar-refractivity contribution in [3.05, 3.63) is 33.7 Å². The van der Waals surface area contributed by atoms with Gasteiger partial charge in [-0.25, -0.2) is 8.42 Å². The first-order valence-corrected chi connectivity index (χ1v) is 9.72. The van der Waals surface area contributed by atoms with E-state index in [-0.39, 0.29) is 6.10 Å². The molecule has 1 saturated heterocycles. The van der Waals surface area contributed by atoms with Crippen LogP contribution in [0.3, 0.4) is 0 Å². The SMILES string of the molecule is Cc1ccc(OC2CCN(S(=O)(=O)c3ccc(Br)s3)C2)nn1. The van der Waals surface area contributed by atoms with Crippen molar-refractivity contribution in [2.45, 2.75) is 23.7 Å². The van der Waals surface area contributed by atoms with Gasteiger partial charge in [0.05, 0.1) is 16.0 Å². The third-order valence-corrected chi connectivity index (χ3v) is 7.27. The number of hydrogen-bond donors (Lipinski definition) is 0. The third kappa shape index (κ3) is 3.32. The number of hydrogen-bond acceptors (Lipinski definition) is 6. The van der Waals surface area contributed by atoms with Crippen LogP contribution in [0.2, 0.25) is 0 Å². The van der Waals surface area contributed by atoms with Crippen LogP contribution in [0.15, 0.2) is 32.3 Å². The Morgan fingerprint density at radius 1 is 1.32 bits per heavy atom. The molecular formula is C13H14BrN3O3S2. The van der Waals surface area contributed by atoms with E-state index in [0.29, 0.717) is 29.6 Å². The second-order valence-electron chi connectivity index (χ2n) is 4.96. The minimum Gasteiger partial charge on any atom is -0.472 e. The topological polar surface area (TPSA) is 72.4 Å². The Morgan fingerprint density at radius 2 is 2.14 bits per heavy atom. The lowest BCUT2D eigenvalue weighted by Gasteiger charge is -2.15. The highest BCUT2D eigenvalue weighted by molar-refractivity contribution is 9.11. The van der Waals surface area contributed by atoms with Crippen LogP contribution in [0.25, 0.3) is 0 Å². The van der Waals surface area contributed by atoms with Gasteiger partial charge in [0.15, 0.2) is 0 Å². The molecule has 1 fully saturated rings. The molecule has 0 bridgehead atoms. The largest absolute Gasteiger partial charge is 0.472 e. The highest BCUT2D eigenvalue weighted by Gasteiger charge is 2.34. The quantitative estimate of drug-likeness (QED) is 0.783. The van der Waals surface area contributed by atoms with Crippen molar-refractivity contribution in [1.82, 2.24) is 14.5 Å². The Bertz CT molecular complexity index is 761. The lowest BCUT2D eigenvalue weighted by molar-refractivity contribution is 0.204. The summed E-state index contributed by atoms with van der Waals surface area (Å²) in [6, 6.07) is 6.91. The van der Waals surface area contributed by atoms with Crippen LogP contribution in [-0.2, 0) is 10.0 Å². The van der Waals surface area contributed by atoms with Gasteiger partial charge in [-0.3, -0.25) is 0 Å². The van der Waals surface area contributed by atoms with E-state index in [9.17, 15) is 8.42 Å². The molecule has 2 aromatic heterocycles. The number of thiophene rings is 1. The van der Waals surface area contributed by atoms with Crippen molar-refractivity contribution in [3.8, 4) is 5.88 Å². The number of sulfonamides is 1. The van der Waals surface area contributed by atoms with Crippen molar-refractivity contribution in [2.24, 2.45) is 0 Å². The number of halogens is 1. The van der Waals surface area contributed by atoms with E-state index in [1.165, 1.54) is 15.6 Å². The number of ether oxygens (including phenoxy) is 1. The Balaban J connectivity index is 1.68. The molecule has 0 aromatic carbocycles. The highest BCUT2D eigenvalue weighted by Crippen LogP contribution is 2.30. The zero-order chi connectivity index (χ0) is 15.7. The molecule has 1 aliphatic heterocycles. The van der Waals surface area contributed by atoms with Gasteiger partial charge in [0.25, 0.3) is 10.0 Å². The maximum atomic E-state index is 12.5. The summed E-state index contributed by atoms with van der Waals surface area (Å²) in [5.74, 6) is 0.425. The summed E-state index contributed by atoms with van der Waals surface area (Å²) in [6.07, 6.45) is 0.441. The molecule has 2 aromatic rings. The Morgan fingerprint density at radius 3 is 2.77 bits per heavy atom. The van der Waals surface area contributed by atoms with Crippen LogP contribution >= 0.6 is 27.3 Å². The molecule has 0 spiro atoms. The van der Waals surface area contributed by atoms with E-state index in [1.54, 1.807) is 18.2 Å². The van der Waals surface area contributed by atoms with Gasteiger partial charge < -0.3 is 4.74 Å². The van der Waals surface area contributed by atoms with E-state index in [1.807, 2.05) is 13.0 Å². The molecule has 22 heavy (non-hydrogen) atoms. The Labute approximate surface area is 141 Å². The Hall–Kier alpha value is -1.03. The van der Waals surface area contributed by atoms with Crippen LogP contribution in [0.4, 0.5) is 0 Å². The number of nitrogens with zero attached hydrogens (tertiary/aromatic N) is 3. The standard InChI is InChI=1S/C13H14BrN3O3S2/c1-9-2-4-12(16-15-9)20-10-6-7-17(8-10)22(18,19)13-5-3-11(14)21-13/h2-5,10H,6-8H2,1H3. The average Bonchev–Trinajstić information content (AvgIpc) is 3.11. The molecule has 1 aliphatic rings. The van der Waals surface area contributed by atoms with Crippen molar-refractivity contribution >= 4 is 37.3 Å². The van der Waals surface area contributed by atoms with Crippen LogP contribution in [0.1, 0.15) is 12.1 Å². The molecule has 3 rings (SSSR count). The predicted octanol–water partition coefficient (Wildman–Crippen LogP) is 2.45. The number of rotatable bonds is 4. The van der Waals surface area contributed by atoms with Crippen LogP contribution in [0, 0.1) is 6.92 Å². The lowest BCUT2D eigenvalue weighted by Crippen LogP contribution is -2.30.